The number of hydrogen-bond acceptors (Lipinski definition) is 5. The summed E-state index contributed by atoms with van der Waals surface area (Å²) in [5.41, 5.74) is 1.35. The fourth-order valence-corrected chi connectivity index (χ4v) is 3.72. The van der Waals surface area contributed by atoms with Gasteiger partial charge in [-0.1, -0.05) is 35.5 Å². The average Bonchev–Trinajstić information content (AvgIpc) is 3.45. The minimum atomic E-state index is -0.300. The Balaban J connectivity index is 1.48. The molecule has 0 bridgehead atoms. The monoisotopic (exact) mass is 422 g/mol. The Hall–Kier alpha value is -3.62. The molecule has 162 valence electrons. The topological polar surface area (TPSA) is 94.3 Å². The molecule has 1 saturated heterocycles. The van der Waals surface area contributed by atoms with Crippen LogP contribution in [0.25, 0.3) is 5.82 Å². The first-order valence-corrected chi connectivity index (χ1v) is 10.5. The number of rotatable bonds is 6. The highest BCUT2D eigenvalue weighted by molar-refractivity contribution is 5.95. The molecule has 9 nitrogen and oxygen atoms in total. The van der Waals surface area contributed by atoms with Gasteiger partial charge >= 0.3 is 6.09 Å². The van der Waals surface area contributed by atoms with Gasteiger partial charge in [0, 0.05) is 31.5 Å². The van der Waals surface area contributed by atoms with E-state index >= 15 is 0 Å². The van der Waals surface area contributed by atoms with E-state index in [9.17, 15) is 9.59 Å². The van der Waals surface area contributed by atoms with Crippen molar-refractivity contribution in [1.29, 1.82) is 0 Å². The number of piperidine rings is 1. The number of aromatic nitrogens is 4. The Morgan fingerprint density at radius 2 is 1.81 bits per heavy atom. The summed E-state index contributed by atoms with van der Waals surface area (Å²) in [6.07, 6.45) is 4.78. The largest absolute Gasteiger partial charge is 0.450 e. The van der Waals surface area contributed by atoms with Crippen molar-refractivity contribution in [2.45, 2.75) is 32.4 Å². The van der Waals surface area contributed by atoms with Crippen LogP contribution < -0.4 is 5.32 Å². The molecule has 0 spiro atoms. The summed E-state index contributed by atoms with van der Waals surface area (Å²) in [7, 11) is 0. The molecule has 3 aromatic rings. The van der Waals surface area contributed by atoms with Crippen LogP contribution in [0.1, 0.15) is 35.8 Å². The third-order valence-corrected chi connectivity index (χ3v) is 5.30. The zero-order valence-electron chi connectivity index (χ0n) is 17.5. The van der Waals surface area contributed by atoms with Crippen LogP contribution in [0, 0.1) is 0 Å². The standard InChI is InChI=1S/C22H26N6O3/c1-2-31-22(30)27-14-10-18(11-15-27)23-20(29)19-21(26-12-6-7-13-26)28(25-24-19)16-17-8-4-3-5-9-17/h3-9,12-13,18H,2,10-11,14-16H2,1H3,(H,23,29). The Morgan fingerprint density at radius 3 is 2.48 bits per heavy atom. The van der Waals surface area contributed by atoms with Gasteiger partial charge in [0.15, 0.2) is 11.5 Å². The van der Waals surface area contributed by atoms with Crippen LogP contribution in [0.3, 0.4) is 0 Å². The Bertz CT molecular complexity index is 1010. The lowest BCUT2D eigenvalue weighted by atomic mass is 10.1. The van der Waals surface area contributed by atoms with Crippen LogP contribution in [0.4, 0.5) is 4.79 Å². The van der Waals surface area contributed by atoms with Crippen molar-refractivity contribution >= 4 is 12.0 Å². The molecule has 9 heteroatoms. The quantitative estimate of drug-likeness (QED) is 0.659. The second-order valence-electron chi connectivity index (χ2n) is 7.43. The van der Waals surface area contributed by atoms with E-state index in [4.69, 9.17) is 4.74 Å². The molecule has 1 aliphatic rings. The molecule has 1 N–H and O–H groups in total. The molecule has 1 aliphatic heterocycles. The molecule has 0 aliphatic carbocycles. The van der Waals surface area contributed by atoms with Gasteiger partial charge in [0.1, 0.15) is 0 Å². The summed E-state index contributed by atoms with van der Waals surface area (Å²) in [6, 6.07) is 13.7. The summed E-state index contributed by atoms with van der Waals surface area (Å²) < 4.78 is 8.63. The third kappa shape index (κ3) is 4.76. The van der Waals surface area contributed by atoms with Crippen LogP contribution in [0.5, 0.6) is 0 Å². The molecule has 0 saturated carbocycles. The van der Waals surface area contributed by atoms with E-state index in [-0.39, 0.29) is 23.7 Å². The molecule has 31 heavy (non-hydrogen) atoms. The second-order valence-corrected chi connectivity index (χ2v) is 7.43. The highest BCUT2D eigenvalue weighted by Crippen LogP contribution is 2.17. The second kappa shape index (κ2) is 9.46. The fraction of sp³-hybridized carbons (Fsp3) is 0.364. The maximum Gasteiger partial charge on any atom is 0.409 e. The zero-order chi connectivity index (χ0) is 21.6. The number of carbonyl (C=O) groups is 2. The lowest BCUT2D eigenvalue weighted by molar-refractivity contribution is 0.0856. The van der Waals surface area contributed by atoms with Gasteiger partial charge in [0.05, 0.1) is 13.2 Å². The molecule has 2 amide bonds. The van der Waals surface area contributed by atoms with Crippen LogP contribution in [-0.2, 0) is 11.3 Å². The number of ether oxygens (including phenoxy) is 1. The highest BCUT2D eigenvalue weighted by atomic mass is 16.6. The first kappa shape index (κ1) is 20.6. The van der Waals surface area contributed by atoms with Crippen LogP contribution in [0.15, 0.2) is 54.9 Å². The number of nitrogens with one attached hydrogen (secondary N) is 1. The van der Waals surface area contributed by atoms with Gasteiger partial charge < -0.3 is 19.5 Å². The molecule has 0 unspecified atom stereocenters. The van der Waals surface area contributed by atoms with E-state index in [0.717, 1.165) is 5.56 Å². The summed E-state index contributed by atoms with van der Waals surface area (Å²) in [5, 5.41) is 11.5. The molecule has 0 radical (unpaired) electrons. The number of benzene rings is 1. The molecule has 1 aromatic carbocycles. The fourth-order valence-electron chi connectivity index (χ4n) is 3.72. The number of amides is 2. The van der Waals surface area contributed by atoms with Crippen molar-refractivity contribution in [2.24, 2.45) is 0 Å². The van der Waals surface area contributed by atoms with Gasteiger partial charge in [-0.25, -0.2) is 9.48 Å². The molecule has 3 heterocycles. The molecular weight excluding hydrogens is 396 g/mol. The minimum Gasteiger partial charge on any atom is -0.450 e. The summed E-state index contributed by atoms with van der Waals surface area (Å²) >= 11 is 0. The molecule has 2 aromatic heterocycles. The van der Waals surface area contributed by atoms with Crippen molar-refractivity contribution in [3.63, 3.8) is 0 Å². The van der Waals surface area contributed by atoms with Crippen molar-refractivity contribution in [3.8, 4) is 5.82 Å². The van der Waals surface area contributed by atoms with E-state index in [0.29, 0.717) is 44.9 Å². The first-order valence-electron chi connectivity index (χ1n) is 10.5. The predicted molar refractivity (Wildman–Crippen MR) is 114 cm³/mol. The van der Waals surface area contributed by atoms with Crippen molar-refractivity contribution in [1.82, 2.24) is 29.8 Å². The Labute approximate surface area is 180 Å². The highest BCUT2D eigenvalue weighted by Gasteiger charge is 2.27. The molecule has 0 atom stereocenters. The smallest absolute Gasteiger partial charge is 0.409 e. The summed E-state index contributed by atoms with van der Waals surface area (Å²) in [5.74, 6) is 0.355. The number of carbonyl (C=O) groups excluding carboxylic acids is 2. The average molecular weight is 422 g/mol. The SMILES string of the molecule is CCOC(=O)N1CCC(NC(=O)c2nnn(Cc3ccccc3)c2-n2cccc2)CC1. The molecule has 1 fully saturated rings. The van der Waals surface area contributed by atoms with E-state index < -0.39 is 0 Å². The predicted octanol–water partition coefficient (Wildman–Crippen LogP) is 2.47. The van der Waals surface area contributed by atoms with Gasteiger partial charge in [0.25, 0.3) is 5.91 Å². The van der Waals surface area contributed by atoms with E-state index in [1.54, 1.807) is 16.5 Å². The Morgan fingerprint density at radius 1 is 1.10 bits per heavy atom. The van der Waals surface area contributed by atoms with Gasteiger partial charge in [0.2, 0.25) is 0 Å². The van der Waals surface area contributed by atoms with Crippen LogP contribution in [0.2, 0.25) is 0 Å². The van der Waals surface area contributed by atoms with Crippen molar-refractivity contribution in [2.75, 3.05) is 19.7 Å². The summed E-state index contributed by atoms with van der Waals surface area (Å²) in [6.45, 7) is 3.75. The lowest BCUT2D eigenvalue weighted by Gasteiger charge is -2.31. The number of nitrogens with zero attached hydrogens (tertiary/aromatic N) is 5. The van der Waals surface area contributed by atoms with Crippen molar-refractivity contribution in [3.05, 3.63) is 66.1 Å². The zero-order valence-corrected chi connectivity index (χ0v) is 17.5. The maximum absolute atomic E-state index is 13.1. The summed E-state index contributed by atoms with van der Waals surface area (Å²) in [4.78, 5) is 26.6. The molecule has 4 rings (SSSR count). The number of likely N-dealkylation sites (tertiary alicyclic amines) is 1. The maximum atomic E-state index is 13.1. The van der Waals surface area contributed by atoms with Gasteiger partial charge in [-0.2, -0.15) is 0 Å². The normalized spacial score (nSPS) is 14.4. The minimum absolute atomic E-state index is 0.0324. The van der Waals surface area contributed by atoms with Gasteiger partial charge in [-0.15, -0.1) is 5.10 Å². The van der Waals surface area contributed by atoms with Gasteiger partial charge in [-0.3, -0.25) is 4.79 Å². The lowest BCUT2D eigenvalue weighted by Crippen LogP contribution is -2.46. The first-order chi connectivity index (χ1) is 15.2. The molecular formula is C22H26N6O3. The van der Waals surface area contributed by atoms with E-state index in [1.807, 2.05) is 59.4 Å². The van der Waals surface area contributed by atoms with E-state index in [1.165, 1.54) is 0 Å². The van der Waals surface area contributed by atoms with Crippen molar-refractivity contribution < 1.29 is 14.3 Å². The van der Waals surface area contributed by atoms with Crippen LogP contribution >= 0.6 is 0 Å². The van der Waals surface area contributed by atoms with Gasteiger partial charge in [-0.05, 0) is 37.5 Å². The van der Waals surface area contributed by atoms with E-state index in [2.05, 4.69) is 15.6 Å². The Kier molecular flexibility index (Phi) is 6.30. The number of hydrogen-bond donors (Lipinski definition) is 1. The third-order valence-electron chi connectivity index (χ3n) is 5.30. The van der Waals surface area contributed by atoms with Crippen LogP contribution in [-0.4, -0.2) is 62.2 Å².